The number of aliphatic carboxylic acids is 2. The summed E-state index contributed by atoms with van der Waals surface area (Å²) < 4.78 is 0. The number of hydrogen-bond acceptors (Lipinski definition) is 7. The molecule has 13 heteroatoms. The molecule has 212 valence electrons. The van der Waals surface area contributed by atoms with Crippen LogP contribution in [0.2, 0.25) is 0 Å². The number of carbonyl (C=O) groups is 5. The molecule has 39 heavy (non-hydrogen) atoms. The SMILES string of the molecule is CSCCC(NC(=O)C(Cc1c[nH]c2ccccc12)NC(=O)C1CCCN1)C(=O)NC(CCC(=O)O)C(=O)O. The van der Waals surface area contributed by atoms with E-state index in [-0.39, 0.29) is 25.2 Å². The van der Waals surface area contributed by atoms with Crippen molar-refractivity contribution >= 4 is 52.3 Å². The lowest BCUT2D eigenvalue weighted by molar-refractivity contribution is -0.143. The topological polar surface area (TPSA) is 190 Å². The zero-order valence-electron chi connectivity index (χ0n) is 21.7. The van der Waals surface area contributed by atoms with Crippen molar-refractivity contribution < 1.29 is 34.2 Å². The first kappa shape index (κ1) is 30.0. The van der Waals surface area contributed by atoms with E-state index >= 15 is 0 Å². The number of rotatable bonds is 15. The van der Waals surface area contributed by atoms with Crippen molar-refractivity contribution in [3.05, 3.63) is 36.0 Å². The second-order valence-corrected chi connectivity index (χ2v) is 10.4. The van der Waals surface area contributed by atoms with Crippen molar-refractivity contribution in [2.75, 3.05) is 18.6 Å². The quantitative estimate of drug-likeness (QED) is 0.163. The second-order valence-electron chi connectivity index (χ2n) is 9.45. The Balaban J connectivity index is 1.78. The first-order chi connectivity index (χ1) is 18.7. The Kier molecular flexibility index (Phi) is 11.2. The zero-order chi connectivity index (χ0) is 28.4. The van der Waals surface area contributed by atoms with Gasteiger partial charge < -0.3 is 36.5 Å². The van der Waals surface area contributed by atoms with Gasteiger partial charge in [-0.15, -0.1) is 0 Å². The summed E-state index contributed by atoms with van der Waals surface area (Å²) in [7, 11) is 0. The number of nitrogens with one attached hydrogen (secondary N) is 5. The third kappa shape index (κ3) is 8.72. The maximum atomic E-state index is 13.5. The van der Waals surface area contributed by atoms with Crippen molar-refractivity contribution in [3.63, 3.8) is 0 Å². The van der Waals surface area contributed by atoms with Gasteiger partial charge in [0.05, 0.1) is 6.04 Å². The molecule has 0 spiro atoms. The van der Waals surface area contributed by atoms with Gasteiger partial charge in [0, 0.05) is 29.9 Å². The molecule has 1 aromatic carbocycles. The number of carbonyl (C=O) groups excluding carboxylic acids is 3. The number of carboxylic acid groups (broad SMARTS) is 2. The highest BCUT2D eigenvalue weighted by atomic mass is 32.2. The Labute approximate surface area is 230 Å². The summed E-state index contributed by atoms with van der Waals surface area (Å²) in [5.41, 5.74) is 1.70. The third-order valence-electron chi connectivity index (χ3n) is 6.61. The van der Waals surface area contributed by atoms with E-state index in [1.54, 1.807) is 6.20 Å². The molecule has 0 radical (unpaired) electrons. The average molecular weight is 562 g/mol. The Morgan fingerprint density at radius 3 is 2.38 bits per heavy atom. The molecule has 1 aliphatic heterocycles. The molecule has 4 atom stereocenters. The molecule has 12 nitrogen and oxygen atoms in total. The Morgan fingerprint density at radius 1 is 1.00 bits per heavy atom. The van der Waals surface area contributed by atoms with Gasteiger partial charge in [0.2, 0.25) is 17.7 Å². The number of aromatic nitrogens is 1. The molecule has 0 saturated carbocycles. The Bertz CT molecular complexity index is 1180. The number of carboxylic acids is 2. The van der Waals surface area contributed by atoms with Gasteiger partial charge in [-0.3, -0.25) is 19.2 Å². The molecule has 1 saturated heterocycles. The normalized spacial score (nSPS) is 17.2. The fourth-order valence-corrected chi connectivity index (χ4v) is 4.96. The van der Waals surface area contributed by atoms with Crippen molar-refractivity contribution in [1.29, 1.82) is 0 Å². The van der Waals surface area contributed by atoms with E-state index in [0.29, 0.717) is 18.7 Å². The molecular weight excluding hydrogens is 526 g/mol. The molecule has 0 bridgehead atoms. The van der Waals surface area contributed by atoms with E-state index in [0.717, 1.165) is 22.9 Å². The van der Waals surface area contributed by atoms with Crippen molar-refractivity contribution in [1.82, 2.24) is 26.3 Å². The van der Waals surface area contributed by atoms with Gasteiger partial charge in [-0.1, -0.05) is 18.2 Å². The summed E-state index contributed by atoms with van der Waals surface area (Å²) in [4.78, 5) is 65.2. The van der Waals surface area contributed by atoms with Crippen LogP contribution in [0.5, 0.6) is 0 Å². The fourth-order valence-electron chi connectivity index (χ4n) is 4.48. The smallest absolute Gasteiger partial charge is 0.326 e. The molecule has 0 aliphatic carbocycles. The van der Waals surface area contributed by atoms with Gasteiger partial charge in [-0.2, -0.15) is 11.8 Å². The van der Waals surface area contributed by atoms with Crippen LogP contribution in [-0.4, -0.2) is 87.6 Å². The lowest BCUT2D eigenvalue weighted by atomic mass is 10.0. The summed E-state index contributed by atoms with van der Waals surface area (Å²) in [5.74, 6) is -3.67. The minimum atomic E-state index is -1.42. The summed E-state index contributed by atoms with van der Waals surface area (Å²) in [6.07, 6.45) is 4.75. The van der Waals surface area contributed by atoms with Crippen LogP contribution in [0.3, 0.4) is 0 Å². The number of amides is 3. The number of hydrogen-bond donors (Lipinski definition) is 7. The number of thioether (sulfide) groups is 1. The Morgan fingerprint density at radius 2 is 1.72 bits per heavy atom. The maximum Gasteiger partial charge on any atom is 0.326 e. The lowest BCUT2D eigenvalue weighted by Gasteiger charge is -2.25. The number of benzene rings is 1. The van der Waals surface area contributed by atoms with E-state index in [2.05, 4.69) is 26.3 Å². The minimum Gasteiger partial charge on any atom is -0.481 e. The standard InChI is InChI=1S/C26H35N5O7S/c1-39-12-10-19(24(35)30-20(26(37)38)8-9-22(32)33)29-25(36)21(31-23(34)18-7-4-11-27-18)13-15-14-28-17-6-3-2-5-16(15)17/h2-3,5-6,14,18-21,27-28H,4,7-13H2,1H3,(H,29,36)(H,30,35)(H,31,34)(H,32,33)(H,37,38). The molecule has 4 unspecified atom stereocenters. The number of fused-ring (bicyclic) bond motifs is 1. The highest BCUT2D eigenvalue weighted by Gasteiger charge is 2.32. The molecule has 3 amide bonds. The van der Waals surface area contributed by atoms with Crippen LogP contribution < -0.4 is 21.3 Å². The van der Waals surface area contributed by atoms with Crippen molar-refractivity contribution in [2.45, 2.75) is 62.7 Å². The molecule has 2 heterocycles. The number of para-hydroxylation sites is 1. The number of aromatic amines is 1. The largest absolute Gasteiger partial charge is 0.481 e. The van der Waals surface area contributed by atoms with Crippen LogP contribution in [0, 0.1) is 0 Å². The van der Waals surface area contributed by atoms with E-state index in [1.165, 1.54) is 11.8 Å². The van der Waals surface area contributed by atoms with Gasteiger partial charge in [0.25, 0.3) is 0 Å². The molecule has 1 aliphatic rings. The summed E-state index contributed by atoms with van der Waals surface area (Å²) in [6.45, 7) is 0.709. The molecule has 7 N–H and O–H groups in total. The monoisotopic (exact) mass is 561 g/mol. The lowest BCUT2D eigenvalue weighted by Crippen LogP contribution is -2.57. The van der Waals surface area contributed by atoms with Crippen LogP contribution in [0.1, 0.15) is 37.7 Å². The van der Waals surface area contributed by atoms with Crippen LogP contribution in [0.4, 0.5) is 0 Å². The first-order valence-corrected chi connectivity index (χ1v) is 14.2. The Hall–Kier alpha value is -3.58. The van der Waals surface area contributed by atoms with E-state index in [4.69, 9.17) is 5.11 Å². The third-order valence-corrected chi connectivity index (χ3v) is 7.26. The molecule has 1 aromatic heterocycles. The van der Waals surface area contributed by atoms with Gasteiger partial charge in [-0.25, -0.2) is 4.79 Å². The van der Waals surface area contributed by atoms with Crippen LogP contribution >= 0.6 is 11.8 Å². The zero-order valence-corrected chi connectivity index (χ0v) is 22.5. The fraction of sp³-hybridized carbons (Fsp3) is 0.500. The average Bonchev–Trinajstić information content (AvgIpc) is 3.59. The van der Waals surface area contributed by atoms with E-state index in [9.17, 15) is 29.1 Å². The van der Waals surface area contributed by atoms with Gasteiger partial charge in [0.1, 0.15) is 18.1 Å². The van der Waals surface area contributed by atoms with Crippen LogP contribution in [-0.2, 0) is 30.4 Å². The summed E-state index contributed by atoms with van der Waals surface area (Å²) >= 11 is 1.45. The highest BCUT2D eigenvalue weighted by molar-refractivity contribution is 7.98. The number of H-pyrrole nitrogens is 1. The maximum absolute atomic E-state index is 13.5. The molecule has 3 rings (SSSR count). The molecule has 1 fully saturated rings. The summed E-state index contributed by atoms with van der Waals surface area (Å²) in [6, 6.07) is 3.67. The second kappa shape index (κ2) is 14.5. The van der Waals surface area contributed by atoms with Gasteiger partial charge in [0.15, 0.2) is 0 Å². The minimum absolute atomic E-state index is 0.168. The van der Waals surface area contributed by atoms with Gasteiger partial charge >= 0.3 is 11.9 Å². The van der Waals surface area contributed by atoms with Crippen LogP contribution in [0.15, 0.2) is 30.5 Å². The van der Waals surface area contributed by atoms with Crippen molar-refractivity contribution in [3.8, 4) is 0 Å². The van der Waals surface area contributed by atoms with Crippen molar-refractivity contribution in [2.24, 2.45) is 0 Å². The van der Waals surface area contributed by atoms with E-state index in [1.807, 2.05) is 30.5 Å². The molecular formula is C26H35N5O7S. The predicted molar refractivity (Wildman–Crippen MR) is 146 cm³/mol. The highest BCUT2D eigenvalue weighted by Crippen LogP contribution is 2.19. The van der Waals surface area contributed by atoms with E-state index < -0.39 is 54.3 Å². The predicted octanol–water partition coefficient (Wildman–Crippen LogP) is 0.619. The van der Waals surface area contributed by atoms with Crippen LogP contribution in [0.25, 0.3) is 10.9 Å². The first-order valence-electron chi connectivity index (χ1n) is 12.8. The summed E-state index contributed by atoms with van der Waals surface area (Å²) in [5, 5.41) is 30.2. The molecule has 2 aromatic rings. The van der Waals surface area contributed by atoms with Gasteiger partial charge in [-0.05, 0) is 55.9 Å².